The van der Waals surface area contributed by atoms with E-state index in [2.05, 4.69) is 0 Å². The minimum absolute atomic E-state index is 0.0602. The van der Waals surface area contributed by atoms with Gasteiger partial charge in [-0.05, 0) is 29.8 Å². The van der Waals surface area contributed by atoms with Crippen molar-refractivity contribution in [2.75, 3.05) is 7.11 Å². The number of ether oxygens (including phenoxy) is 1. The van der Waals surface area contributed by atoms with E-state index in [4.69, 9.17) is 9.52 Å². The van der Waals surface area contributed by atoms with Gasteiger partial charge in [-0.1, -0.05) is 30.3 Å². The van der Waals surface area contributed by atoms with Crippen LogP contribution in [-0.4, -0.2) is 21.9 Å². The molecule has 0 amide bonds. The van der Waals surface area contributed by atoms with E-state index in [9.17, 15) is 13.7 Å². The Labute approximate surface area is 123 Å². The number of halogens is 1. The highest BCUT2D eigenvalue weighted by Gasteiger charge is 2.31. The first-order valence-corrected chi connectivity index (χ1v) is 7.87. The lowest BCUT2D eigenvalue weighted by Gasteiger charge is -2.19. The zero-order valence-electron chi connectivity index (χ0n) is 11.4. The van der Waals surface area contributed by atoms with Crippen molar-refractivity contribution in [1.29, 1.82) is 4.78 Å². The van der Waals surface area contributed by atoms with E-state index in [-0.39, 0.29) is 10.5 Å². The molecule has 1 unspecified atom stereocenters. The van der Waals surface area contributed by atoms with Gasteiger partial charge in [0.05, 0.1) is 12.0 Å². The van der Waals surface area contributed by atoms with E-state index in [0.29, 0.717) is 5.75 Å². The standard InChI is InChI=1S/C15H16FNO3S/c1-20-12-9-7-11(8-10-12)14(18)15(16)21(17,19)13-5-3-2-4-6-13/h2-10,14-15,17-18H,1H3/t14-,15?,21+/m0/s1. The summed E-state index contributed by atoms with van der Waals surface area (Å²) in [6.07, 6.45) is -1.64. The van der Waals surface area contributed by atoms with Crippen LogP contribution in [0.25, 0.3) is 0 Å². The van der Waals surface area contributed by atoms with E-state index in [1.807, 2.05) is 0 Å². The lowest BCUT2D eigenvalue weighted by Crippen LogP contribution is -2.23. The molecule has 112 valence electrons. The Morgan fingerprint density at radius 2 is 1.71 bits per heavy atom. The zero-order valence-corrected chi connectivity index (χ0v) is 12.2. The molecule has 6 heteroatoms. The summed E-state index contributed by atoms with van der Waals surface area (Å²) >= 11 is 0. The molecule has 2 rings (SSSR count). The first kappa shape index (κ1) is 15.5. The summed E-state index contributed by atoms with van der Waals surface area (Å²) in [4.78, 5) is 0.0602. The molecule has 0 aliphatic rings. The van der Waals surface area contributed by atoms with Gasteiger partial charge in [0, 0.05) is 0 Å². The number of aliphatic hydroxyl groups is 1. The summed E-state index contributed by atoms with van der Waals surface area (Å²) in [5.74, 6) is 0.566. The van der Waals surface area contributed by atoms with Crippen LogP contribution < -0.4 is 4.74 Å². The largest absolute Gasteiger partial charge is 0.497 e. The Bertz CT molecular complexity index is 687. The van der Waals surface area contributed by atoms with Crippen LogP contribution in [0.3, 0.4) is 0 Å². The predicted molar refractivity (Wildman–Crippen MR) is 78.4 cm³/mol. The molecule has 2 aromatic rings. The van der Waals surface area contributed by atoms with Crippen molar-refractivity contribution in [3.63, 3.8) is 0 Å². The maximum Gasteiger partial charge on any atom is 0.216 e. The van der Waals surface area contributed by atoms with Gasteiger partial charge in [0.15, 0.2) is 0 Å². The van der Waals surface area contributed by atoms with Gasteiger partial charge >= 0.3 is 0 Å². The van der Waals surface area contributed by atoms with Crippen molar-refractivity contribution in [2.45, 2.75) is 16.5 Å². The molecule has 0 heterocycles. The molecular formula is C15H16FNO3S. The van der Waals surface area contributed by atoms with Crippen LogP contribution in [0, 0.1) is 4.78 Å². The van der Waals surface area contributed by atoms with Crippen molar-refractivity contribution in [3.05, 3.63) is 60.2 Å². The normalized spacial score (nSPS) is 16.7. The highest BCUT2D eigenvalue weighted by molar-refractivity contribution is 7.93. The Morgan fingerprint density at radius 3 is 2.24 bits per heavy atom. The third-order valence-electron chi connectivity index (χ3n) is 3.12. The quantitative estimate of drug-likeness (QED) is 0.891. The smallest absolute Gasteiger partial charge is 0.216 e. The molecule has 2 N–H and O–H groups in total. The van der Waals surface area contributed by atoms with Crippen molar-refractivity contribution in [2.24, 2.45) is 0 Å². The van der Waals surface area contributed by atoms with Crippen LogP contribution >= 0.6 is 0 Å². The monoisotopic (exact) mass is 309 g/mol. The van der Waals surface area contributed by atoms with Crippen molar-refractivity contribution in [1.82, 2.24) is 0 Å². The highest BCUT2D eigenvalue weighted by Crippen LogP contribution is 2.29. The van der Waals surface area contributed by atoms with E-state index >= 15 is 0 Å². The zero-order chi connectivity index (χ0) is 15.5. The van der Waals surface area contributed by atoms with Gasteiger partial charge in [-0.2, -0.15) is 0 Å². The fourth-order valence-electron chi connectivity index (χ4n) is 1.89. The van der Waals surface area contributed by atoms with Gasteiger partial charge < -0.3 is 9.84 Å². The number of hydrogen-bond donors (Lipinski definition) is 2. The van der Waals surface area contributed by atoms with Crippen molar-refractivity contribution in [3.8, 4) is 5.75 Å². The fraction of sp³-hybridized carbons (Fsp3) is 0.200. The Morgan fingerprint density at radius 1 is 1.14 bits per heavy atom. The summed E-state index contributed by atoms with van der Waals surface area (Å²) in [5, 5.41) is 10.0. The molecule has 0 spiro atoms. The van der Waals surface area contributed by atoms with Crippen molar-refractivity contribution < 1.29 is 18.4 Å². The second-order valence-corrected chi connectivity index (χ2v) is 6.61. The number of nitrogens with one attached hydrogen (secondary N) is 1. The molecule has 2 aromatic carbocycles. The summed E-state index contributed by atoms with van der Waals surface area (Å²) in [6.45, 7) is 0. The summed E-state index contributed by atoms with van der Waals surface area (Å²) in [6, 6.07) is 13.8. The molecule has 21 heavy (non-hydrogen) atoms. The topological polar surface area (TPSA) is 70.4 Å². The number of benzene rings is 2. The molecule has 0 saturated heterocycles. The number of aliphatic hydroxyl groups excluding tert-OH is 1. The fourth-order valence-corrected chi connectivity index (χ4v) is 3.23. The number of alkyl halides is 1. The number of hydrogen-bond acceptors (Lipinski definition) is 4. The molecule has 0 fully saturated rings. The van der Waals surface area contributed by atoms with E-state index in [1.54, 1.807) is 30.3 Å². The van der Waals surface area contributed by atoms with Gasteiger partial charge in [-0.15, -0.1) is 0 Å². The third kappa shape index (κ3) is 3.22. The van der Waals surface area contributed by atoms with Crippen LogP contribution in [0.5, 0.6) is 5.75 Å². The van der Waals surface area contributed by atoms with E-state index in [1.165, 1.54) is 31.4 Å². The molecule has 0 bridgehead atoms. The lowest BCUT2D eigenvalue weighted by atomic mass is 10.1. The second kappa shape index (κ2) is 6.24. The molecule has 0 aliphatic heterocycles. The summed E-state index contributed by atoms with van der Waals surface area (Å²) in [7, 11) is -2.25. The van der Waals surface area contributed by atoms with Gasteiger partial charge in [0.25, 0.3) is 0 Å². The number of rotatable bonds is 5. The first-order valence-electron chi connectivity index (χ1n) is 6.25. The maximum absolute atomic E-state index is 14.4. The van der Waals surface area contributed by atoms with Crippen LogP contribution in [0.4, 0.5) is 4.39 Å². The minimum Gasteiger partial charge on any atom is -0.497 e. The molecule has 0 radical (unpaired) electrons. The number of methoxy groups -OCH3 is 1. The molecule has 4 nitrogen and oxygen atoms in total. The van der Waals surface area contributed by atoms with Crippen LogP contribution in [-0.2, 0) is 9.73 Å². The molecule has 3 atom stereocenters. The third-order valence-corrected chi connectivity index (χ3v) is 4.98. The van der Waals surface area contributed by atoms with Gasteiger partial charge in [0.1, 0.15) is 21.6 Å². The lowest BCUT2D eigenvalue weighted by molar-refractivity contribution is 0.120. The van der Waals surface area contributed by atoms with Gasteiger partial charge in [0.2, 0.25) is 5.50 Å². The van der Waals surface area contributed by atoms with E-state index < -0.39 is 21.3 Å². The second-order valence-electron chi connectivity index (χ2n) is 4.48. The molecule has 0 saturated carbocycles. The van der Waals surface area contributed by atoms with Gasteiger partial charge in [-0.3, -0.25) is 0 Å². The summed E-state index contributed by atoms with van der Waals surface area (Å²) < 4.78 is 39.5. The van der Waals surface area contributed by atoms with Crippen LogP contribution in [0.1, 0.15) is 11.7 Å². The SMILES string of the molecule is COc1ccc([C@H](O)C(F)[S@](=N)(=O)c2ccccc2)cc1. The Kier molecular flexibility index (Phi) is 4.59. The maximum atomic E-state index is 14.4. The van der Waals surface area contributed by atoms with Crippen molar-refractivity contribution >= 4 is 9.73 Å². The van der Waals surface area contributed by atoms with Crippen LogP contribution in [0.2, 0.25) is 0 Å². The molecular weight excluding hydrogens is 293 g/mol. The summed E-state index contributed by atoms with van der Waals surface area (Å²) in [5.41, 5.74) is -1.97. The van der Waals surface area contributed by atoms with Crippen LogP contribution in [0.15, 0.2) is 59.5 Å². The Hall–Kier alpha value is -1.92. The molecule has 0 aliphatic carbocycles. The molecule has 0 aromatic heterocycles. The average molecular weight is 309 g/mol. The van der Waals surface area contributed by atoms with Gasteiger partial charge in [-0.25, -0.2) is 13.4 Å². The highest BCUT2D eigenvalue weighted by atomic mass is 32.2. The van der Waals surface area contributed by atoms with E-state index in [0.717, 1.165) is 0 Å². The predicted octanol–water partition coefficient (Wildman–Crippen LogP) is 3.13. The Balaban J connectivity index is 2.27. The average Bonchev–Trinajstić information content (AvgIpc) is 2.54. The minimum atomic E-state index is -3.75. The first-order chi connectivity index (χ1) is 9.96.